The first kappa shape index (κ1) is 73.1. The van der Waals surface area contributed by atoms with Crippen molar-refractivity contribution in [1.29, 1.82) is 0 Å². The molecule has 2 atom stereocenters. The smallest absolute Gasteiger partial charge is 0.305 e. The van der Waals surface area contributed by atoms with E-state index < -0.39 is 12.1 Å². The quantitative estimate of drug-likeness (QED) is 0.0320. The predicted octanol–water partition coefficient (Wildman–Crippen LogP) is 21.5. The molecule has 0 saturated carbocycles. The molecule has 0 radical (unpaired) electrons. The summed E-state index contributed by atoms with van der Waals surface area (Å²) in [7, 11) is 0. The third-order valence-corrected chi connectivity index (χ3v) is 15.6. The van der Waals surface area contributed by atoms with Crippen LogP contribution in [0, 0.1) is 0 Å². The number of unbranched alkanes of at least 4 members (excludes halogenated alkanes) is 48. The van der Waals surface area contributed by atoms with Gasteiger partial charge < -0.3 is 20.3 Å². The highest BCUT2D eigenvalue weighted by atomic mass is 16.5. The number of aliphatic hydroxyl groups excluding tert-OH is 2. The van der Waals surface area contributed by atoms with Gasteiger partial charge in [-0.2, -0.15) is 0 Å². The van der Waals surface area contributed by atoms with Crippen LogP contribution in [-0.4, -0.2) is 47.4 Å². The maximum Gasteiger partial charge on any atom is 0.305 e. The van der Waals surface area contributed by atoms with Crippen molar-refractivity contribution in [1.82, 2.24) is 5.32 Å². The molecule has 0 rings (SSSR count). The molecule has 6 heteroatoms. The molecule has 0 aliphatic carbocycles. The van der Waals surface area contributed by atoms with E-state index in [-0.39, 0.29) is 18.5 Å². The Kier molecular flexibility index (Phi) is 63.0. The first-order valence-corrected chi connectivity index (χ1v) is 33.8. The van der Waals surface area contributed by atoms with E-state index in [1.807, 2.05) is 6.08 Å². The van der Waals surface area contributed by atoms with Crippen molar-refractivity contribution in [2.24, 2.45) is 0 Å². The number of ether oxygens (including phenoxy) is 1. The minimum atomic E-state index is -0.843. The number of allylic oxidation sites excluding steroid dienone is 5. The predicted molar refractivity (Wildman–Crippen MR) is 329 cm³/mol. The van der Waals surface area contributed by atoms with Crippen molar-refractivity contribution in [3.05, 3.63) is 36.5 Å². The summed E-state index contributed by atoms with van der Waals surface area (Å²) in [6.45, 7) is 4.86. The van der Waals surface area contributed by atoms with Crippen LogP contribution in [0.3, 0.4) is 0 Å². The van der Waals surface area contributed by atoms with Gasteiger partial charge in [0, 0.05) is 12.8 Å². The Morgan fingerprint density at radius 2 is 0.693 bits per heavy atom. The largest absolute Gasteiger partial charge is 0.466 e. The lowest BCUT2D eigenvalue weighted by molar-refractivity contribution is -0.143. The Hall–Kier alpha value is -1.92. The number of hydrogen-bond acceptors (Lipinski definition) is 5. The van der Waals surface area contributed by atoms with E-state index >= 15 is 0 Å². The fourth-order valence-electron chi connectivity index (χ4n) is 10.5. The number of aliphatic hydroxyl groups is 2. The van der Waals surface area contributed by atoms with Gasteiger partial charge in [-0.15, -0.1) is 0 Å². The second kappa shape index (κ2) is 64.6. The van der Waals surface area contributed by atoms with E-state index in [2.05, 4.69) is 43.5 Å². The summed E-state index contributed by atoms with van der Waals surface area (Å²) in [5, 5.41) is 23.2. The summed E-state index contributed by atoms with van der Waals surface area (Å²) in [5.41, 5.74) is 0. The van der Waals surface area contributed by atoms with Crippen LogP contribution in [0.15, 0.2) is 36.5 Å². The molecule has 0 spiro atoms. The highest BCUT2D eigenvalue weighted by Gasteiger charge is 2.18. The Bertz CT molecular complexity index is 1210. The van der Waals surface area contributed by atoms with Crippen LogP contribution in [0.1, 0.15) is 367 Å². The molecule has 442 valence electrons. The molecule has 3 N–H and O–H groups in total. The monoisotopic (exact) mass is 1050 g/mol. The molecular formula is C69H131NO5. The summed E-state index contributed by atoms with van der Waals surface area (Å²) < 4.78 is 5.47. The molecule has 0 aromatic rings. The number of rotatable bonds is 63. The van der Waals surface area contributed by atoms with Gasteiger partial charge in [0.1, 0.15) is 0 Å². The first-order chi connectivity index (χ1) is 37.0. The molecule has 0 aliphatic heterocycles. The van der Waals surface area contributed by atoms with E-state index in [9.17, 15) is 19.8 Å². The van der Waals surface area contributed by atoms with E-state index in [1.165, 1.54) is 289 Å². The molecule has 0 bridgehead atoms. The maximum absolute atomic E-state index is 12.5. The Labute approximate surface area is 468 Å². The van der Waals surface area contributed by atoms with Gasteiger partial charge in [-0.25, -0.2) is 0 Å². The van der Waals surface area contributed by atoms with Gasteiger partial charge in [0.05, 0.1) is 25.4 Å². The highest BCUT2D eigenvalue weighted by molar-refractivity contribution is 5.76. The summed E-state index contributed by atoms with van der Waals surface area (Å²) in [4.78, 5) is 24.5. The Morgan fingerprint density at radius 1 is 0.373 bits per heavy atom. The van der Waals surface area contributed by atoms with Crippen LogP contribution in [-0.2, 0) is 14.3 Å². The van der Waals surface area contributed by atoms with Crippen molar-refractivity contribution < 1.29 is 24.5 Å². The molecule has 0 heterocycles. The van der Waals surface area contributed by atoms with Crippen LogP contribution in [0.5, 0.6) is 0 Å². The average Bonchev–Trinajstić information content (AvgIpc) is 3.41. The third-order valence-electron chi connectivity index (χ3n) is 15.6. The molecule has 0 aromatic carbocycles. The minimum absolute atomic E-state index is 0.00321. The number of carbonyl (C=O) groups excluding carboxylic acids is 2. The van der Waals surface area contributed by atoms with Gasteiger partial charge in [0.2, 0.25) is 5.91 Å². The number of nitrogens with one attached hydrogen (secondary N) is 1. The molecule has 0 aliphatic rings. The SMILES string of the molecule is CCC/C=C\C/C=C\CCCCCCCC(=O)OCCCCCCCCCCCCCCCCCCCCCCCCCCCCCCC(=O)NC(CO)C(O)/C=C/CCCCCCCCCCCCCCCCC. The van der Waals surface area contributed by atoms with Gasteiger partial charge in [-0.05, 0) is 57.8 Å². The first-order valence-electron chi connectivity index (χ1n) is 33.8. The van der Waals surface area contributed by atoms with Crippen molar-refractivity contribution in [3.63, 3.8) is 0 Å². The van der Waals surface area contributed by atoms with Crippen LogP contribution in [0.25, 0.3) is 0 Å². The number of esters is 1. The van der Waals surface area contributed by atoms with Gasteiger partial charge in [-0.3, -0.25) is 9.59 Å². The topological polar surface area (TPSA) is 95.9 Å². The van der Waals surface area contributed by atoms with Crippen LogP contribution < -0.4 is 5.32 Å². The number of amides is 1. The van der Waals surface area contributed by atoms with E-state index in [0.29, 0.717) is 19.4 Å². The lowest BCUT2D eigenvalue weighted by atomic mass is 10.0. The zero-order valence-corrected chi connectivity index (χ0v) is 50.5. The second-order valence-electron chi connectivity index (χ2n) is 23.2. The fraction of sp³-hybridized carbons (Fsp3) is 0.884. The van der Waals surface area contributed by atoms with E-state index in [0.717, 1.165) is 51.4 Å². The van der Waals surface area contributed by atoms with Gasteiger partial charge in [0.25, 0.3) is 0 Å². The molecule has 2 unspecified atom stereocenters. The van der Waals surface area contributed by atoms with Crippen molar-refractivity contribution in [2.75, 3.05) is 13.2 Å². The second-order valence-corrected chi connectivity index (χ2v) is 23.2. The molecule has 0 fully saturated rings. The molecular weight excluding hydrogens is 923 g/mol. The molecule has 0 saturated heterocycles. The highest BCUT2D eigenvalue weighted by Crippen LogP contribution is 2.18. The van der Waals surface area contributed by atoms with Crippen LogP contribution >= 0.6 is 0 Å². The van der Waals surface area contributed by atoms with Gasteiger partial charge in [0.15, 0.2) is 0 Å². The standard InChI is InChI=1S/C69H131NO5/c1-3-5-7-9-11-13-15-17-18-31-34-38-41-45-49-53-57-61-67(72)66(65-71)70-68(73)62-58-54-50-46-42-39-35-32-29-27-25-23-21-19-20-22-24-26-28-30-33-36-40-44-48-52-56-60-64-75-69(74)63-59-55-51-47-43-37-16-14-12-10-8-6-4-2/h8,10,14,16,57,61,66-67,71-72H,3-7,9,11-13,15,17-56,58-60,62-65H2,1-2H3,(H,70,73)/b10-8-,16-14-,61-57+. The van der Waals surface area contributed by atoms with Crippen molar-refractivity contribution in [3.8, 4) is 0 Å². The molecule has 0 aromatic heterocycles. The summed E-state index contributed by atoms with van der Waals surface area (Å²) in [6, 6.07) is -0.626. The number of hydrogen-bond donors (Lipinski definition) is 3. The zero-order valence-electron chi connectivity index (χ0n) is 50.5. The van der Waals surface area contributed by atoms with Crippen molar-refractivity contribution >= 4 is 11.9 Å². The van der Waals surface area contributed by atoms with Crippen molar-refractivity contribution in [2.45, 2.75) is 379 Å². The van der Waals surface area contributed by atoms with Crippen LogP contribution in [0.4, 0.5) is 0 Å². The fourth-order valence-corrected chi connectivity index (χ4v) is 10.5. The lowest BCUT2D eigenvalue weighted by Crippen LogP contribution is -2.45. The number of carbonyl (C=O) groups is 2. The van der Waals surface area contributed by atoms with Gasteiger partial charge >= 0.3 is 5.97 Å². The summed E-state index contributed by atoms with van der Waals surface area (Å²) in [6.07, 6.45) is 82.1. The van der Waals surface area contributed by atoms with E-state index in [4.69, 9.17) is 4.74 Å². The summed E-state index contributed by atoms with van der Waals surface area (Å²) in [5.74, 6) is -0.0592. The Morgan fingerprint density at radius 3 is 1.07 bits per heavy atom. The average molecular weight is 1050 g/mol. The molecule has 1 amide bonds. The van der Waals surface area contributed by atoms with E-state index in [1.54, 1.807) is 6.08 Å². The molecule has 75 heavy (non-hydrogen) atoms. The molecule has 6 nitrogen and oxygen atoms in total. The normalized spacial score (nSPS) is 12.7. The summed E-state index contributed by atoms with van der Waals surface area (Å²) >= 11 is 0. The van der Waals surface area contributed by atoms with Crippen LogP contribution in [0.2, 0.25) is 0 Å². The maximum atomic E-state index is 12.5. The lowest BCUT2D eigenvalue weighted by Gasteiger charge is -2.20. The minimum Gasteiger partial charge on any atom is -0.466 e. The third kappa shape index (κ3) is 61.2. The Balaban J connectivity index is 3.37. The van der Waals surface area contributed by atoms with Gasteiger partial charge in [-0.1, -0.05) is 333 Å². The zero-order chi connectivity index (χ0) is 54.3.